The Labute approximate surface area is 107 Å². The van der Waals surface area contributed by atoms with E-state index in [0.29, 0.717) is 16.0 Å². The Morgan fingerprint density at radius 1 is 1.35 bits per heavy atom. The predicted octanol–water partition coefficient (Wildman–Crippen LogP) is 1.70. The summed E-state index contributed by atoms with van der Waals surface area (Å²) in [5.41, 5.74) is 0.332. The number of rotatable bonds is 2. The second-order valence-corrected chi connectivity index (χ2v) is 4.25. The van der Waals surface area contributed by atoms with E-state index in [2.05, 4.69) is 15.0 Å². The first kappa shape index (κ1) is 12.0. The molecule has 0 amide bonds. The molecule has 2 aromatic heterocycles. The van der Waals surface area contributed by atoms with E-state index < -0.39 is 5.69 Å². The first-order valence-corrected chi connectivity index (χ1v) is 5.52. The summed E-state index contributed by atoms with van der Waals surface area (Å²) in [6, 6.07) is 1.64. The maximum atomic E-state index is 11.5. The molecule has 0 saturated heterocycles. The van der Waals surface area contributed by atoms with Crippen LogP contribution in [0, 0.1) is 6.92 Å². The van der Waals surface area contributed by atoms with Crippen LogP contribution in [0.3, 0.4) is 0 Å². The van der Waals surface area contributed by atoms with Crippen molar-refractivity contribution in [3.05, 3.63) is 50.6 Å². The molecule has 0 aliphatic carbocycles. The zero-order valence-electron chi connectivity index (χ0n) is 8.89. The van der Waals surface area contributed by atoms with Crippen LogP contribution in [-0.2, 0) is 6.54 Å². The standard InChI is InChI=1S/C10H8Cl2N4O/c1-6-2-8(12)15-9(14-6)5-16-4-7(11)3-13-10(16)17/h2-4H,5H2,1H3. The fraction of sp³-hybridized carbons (Fsp3) is 0.200. The highest BCUT2D eigenvalue weighted by Gasteiger charge is 2.04. The van der Waals surface area contributed by atoms with E-state index in [1.807, 2.05) is 0 Å². The highest BCUT2D eigenvalue weighted by atomic mass is 35.5. The van der Waals surface area contributed by atoms with Gasteiger partial charge in [0, 0.05) is 11.9 Å². The van der Waals surface area contributed by atoms with Crippen molar-refractivity contribution >= 4 is 23.2 Å². The molecule has 0 spiro atoms. The SMILES string of the molecule is Cc1cc(Cl)nc(Cn2cc(Cl)cnc2=O)n1. The van der Waals surface area contributed by atoms with Gasteiger partial charge in [0.15, 0.2) is 0 Å². The first-order valence-electron chi connectivity index (χ1n) is 4.76. The van der Waals surface area contributed by atoms with Crippen molar-refractivity contribution in [1.29, 1.82) is 0 Å². The average molecular weight is 271 g/mol. The molecule has 7 heteroatoms. The van der Waals surface area contributed by atoms with Crippen LogP contribution >= 0.6 is 23.2 Å². The van der Waals surface area contributed by atoms with Crippen LogP contribution in [0.25, 0.3) is 0 Å². The van der Waals surface area contributed by atoms with Gasteiger partial charge in [-0.15, -0.1) is 0 Å². The van der Waals surface area contributed by atoms with Crippen LogP contribution in [0.5, 0.6) is 0 Å². The third-order valence-corrected chi connectivity index (χ3v) is 2.39. The molecule has 5 nitrogen and oxygen atoms in total. The lowest BCUT2D eigenvalue weighted by molar-refractivity contribution is 0.687. The van der Waals surface area contributed by atoms with E-state index in [4.69, 9.17) is 23.2 Å². The van der Waals surface area contributed by atoms with Gasteiger partial charge in [-0.1, -0.05) is 23.2 Å². The minimum atomic E-state index is -0.407. The molecule has 0 bridgehead atoms. The molecule has 0 radical (unpaired) electrons. The highest BCUT2D eigenvalue weighted by molar-refractivity contribution is 6.30. The van der Waals surface area contributed by atoms with E-state index in [9.17, 15) is 4.79 Å². The Morgan fingerprint density at radius 3 is 2.82 bits per heavy atom. The maximum absolute atomic E-state index is 11.5. The topological polar surface area (TPSA) is 60.7 Å². The summed E-state index contributed by atoms with van der Waals surface area (Å²) < 4.78 is 1.33. The number of nitrogens with zero attached hydrogens (tertiary/aromatic N) is 4. The predicted molar refractivity (Wildman–Crippen MR) is 64.4 cm³/mol. The minimum Gasteiger partial charge on any atom is -0.290 e. The number of halogens is 2. The van der Waals surface area contributed by atoms with Crippen LogP contribution in [-0.4, -0.2) is 19.5 Å². The zero-order chi connectivity index (χ0) is 12.4. The van der Waals surface area contributed by atoms with Crippen molar-refractivity contribution in [2.75, 3.05) is 0 Å². The van der Waals surface area contributed by atoms with E-state index in [1.165, 1.54) is 17.0 Å². The van der Waals surface area contributed by atoms with E-state index in [1.54, 1.807) is 13.0 Å². The van der Waals surface area contributed by atoms with Crippen LogP contribution in [0.4, 0.5) is 0 Å². The monoisotopic (exact) mass is 270 g/mol. The molecule has 0 atom stereocenters. The highest BCUT2D eigenvalue weighted by Crippen LogP contribution is 2.08. The number of aryl methyl sites for hydroxylation is 1. The van der Waals surface area contributed by atoms with E-state index in [0.717, 1.165) is 5.69 Å². The van der Waals surface area contributed by atoms with Gasteiger partial charge in [-0.2, -0.15) is 0 Å². The van der Waals surface area contributed by atoms with Crippen LogP contribution < -0.4 is 5.69 Å². The lowest BCUT2D eigenvalue weighted by Crippen LogP contribution is -2.23. The molecule has 2 rings (SSSR count). The lowest BCUT2D eigenvalue weighted by atomic mass is 10.4. The van der Waals surface area contributed by atoms with Crippen molar-refractivity contribution in [3.8, 4) is 0 Å². The minimum absolute atomic E-state index is 0.188. The first-order chi connectivity index (χ1) is 8.04. The van der Waals surface area contributed by atoms with Gasteiger partial charge < -0.3 is 0 Å². The van der Waals surface area contributed by atoms with Crippen molar-refractivity contribution in [2.45, 2.75) is 13.5 Å². The third-order valence-electron chi connectivity index (χ3n) is 2.00. The Hall–Kier alpha value is -1.46. The summed E-state index contributed by atoms with van der Waals surface area (Å²) in [6.07, 6.45) is 2.78. The molecular weight excluding hydrogens is 263 g/mol. The lowest BCUT2D eigenvalue weighted by Gasteiger charge is -2.05. The third kappa shape index (κ3) is 3.01. The summed E-state index contributed by atoms with van der Waals surface area (Å²) in [5, 5.41) is 0.721. The summed E-state index contributed by atoms with van der Waals surface area (Å²) in [5.74, 6) is 0.446. The molecular formula is C10H8Cl2N4O. The smallest absolute Gasteiger partial charge is 0.290 e. The molecule has 0 unspecified atom stereocenters. The van der Waals surface area contributed by atoms with Gasteiger partial charge in [0.05, 0.1) is 17.8 Å². The Kier molecular flexibility index (Phi) is 3.40. The van der Waals surface area contributed by atoms with Crippen LogP contribution in [0.2, 0.25) is 10.2 Å². The summed E-state index contributed by atoms with van der Waals surface area (Å²) in [7, 11) is 0. The van der Waals surface area contributed by atoms with E-state index >= 15 is 0 Å². The van der Waals surface area contributed by atoms with E-state index in [-0.39, 0.29) is 6.54 Å². The van der Waals surface area contributed by atoms with Gasteiger partial charge in [0.25, 0.3) is 0 Å². The summed E-state index contributed by atoms with van der Waals surface area (Å²) >= 11 is 11.6. The van der Waals surface area contributed by atoms with Crippen molar-refractivity contribution in [3.63, 3.8) is 0 Å². The Balaban J connectivity index is 2.37. The quantitative estimate of drug-likeness (QED) is 0.780. The largest absolute Gasteiger partial charge is 0.348 e. The molecule has 0 fully saturated rings. The number of aromatic nitrogens is 4. The summed E-state index contributed by atoms with van der Waals surface area (Å²) in [4.78, 5) is 23.3. The zero-order valence-corrected chi connectivity index (χ0v) is 10.4. The van der Waals surface area contributed by atoms with Crippen LogP contribution in [0.15, 0.2) is 23.3 Å². The van der Waals surface area contributed by atoms with Gasteiger partial charge in [0.1, 0.15) is 11.0 Å². The molecule has 0 N–H and O–H groups in total. The van der Waals surface area contributed by atoms with Crippen LogP contribution in [0.1, 0.15) is 11.5 Å². The molecule has 0 aromatic carbocycles. The second kappa shape index (κ2) is 4.81. The molecule has 2 aromatic rings. The fourth-order valence-corrected chi connectivity index (χ4v) is 1.78. The van der Waals surface area contributed by atoms with Crippen molar-refractivity contribution in [1.82, 2.24) is 19.5 Å². The number of hydrogen-bond donors (Lipinski definition) is 0. The van der Waals surface area contributed by atoms with Crippen molar-refractivity contribution < 1.29 is 0 Å². The summed E-state index contributed by atoms with van der Waals surface area (Å²) in [6.45, 7) is 1.99. The number of hydrogen-bond acceptors (Lipinski definition) is 4. The van der Waals surface area contributed by atoms with Gasteiger partial charge >= 0.3 is 5.69 Å². The fourth-order valence-electron chi connectivity index (χ4n) is 1.35. The molecule has 0 saturated carbocycles. The van der Waals surface area contributed by atoms with Gasteiger partial charge in [-0.05, 0) is 13.0 Å². The molecule has 88 valence electrons. The maximum Gasteiger partial charge on any atom is 0.348 e. The van der Waals surface area contributed by atoms with Crippen molar-refractivity contribution in [2.24, 2.45) is 0 Å². The van der Waals surface area contributed by atoms with Gasteiger partial charge in [-0.3, -0.25) is 4.57 Å². The van der Waals surface area contributed by atoms with Gasteiger partial charge in [0.2, 0.25) is 0 Å². The normalized spacial score (nSPS) is 10.5. The Bertz CT molecular complexity index is 591. The molecule has 17 heavy (non-hydrogen) atoms. The average Bonchev–Trinajstić information content (AvgIpc) is 2.22. The van der Waals surface area contributed by atoms with Gasteiger partial charge in [-0.25, -0.2) is 19.7 Å². The second-order valence-electron chi connectivity index (χ2n) is 3.43. The molecule has 0 aliphatic heterocycles. The molecule has 0 aliphatic rings. The Morgan fingerprint density at radius 2 is 2.12 bits per heavy atom. The molecule has 2 heterocycles.